The molecule has 1 aliphatic rings. The van der Waals surface area contributed by atoms with Gasteiger partial charge in [0.1, 0.15) is 6.10 Å². The molecule has 4 heteroatoms. The summed E-state index contributed by atoms with van der Waals surface area (Å²) < 4.78 is 11.3. The topological polar surface area (TPSA) is 57.4 Å². The van der Waals surface area contributed by atoms with Crippen LogP contribution in [0.4, 0.5) is 5.69 Å². The van der Waals surface area contributed by atoms with Crippen molar-refractivity contribution < 1.29 is 9.47 Å². The van der Waals surface area contributed by atoms with Crippen LogP contribution in [-0.4, -0.2) is 17.7 Å². The van der Waals surface area contributed by atoms with Crippen molar-refractivity contribution >= 4 is 5.69 Å². The molecule has 1 aliphatic carbocycles. The first-order valence-corrected chi connectivity index (χ1v) is 6.75. The molecule has 2 N–H and O–H groups in total. The number of hydrogen-bond donors (Lipinski definition) is 1. The van der Waals surface area contributed by atoms with E-state index in [1.165, 1.54) is 12.8 Å². The minimum atomic E-state index is 0.277. The highest BCUT2D eigenvalue weighted by atomic mass is 16.5. The molecular formula is C14H22N2O2. The molecule has 0 spiro atoms. The van der Waals surface area contributed by atoms with Gasteiger partial charge in [-0.25, -0.2) is 0 Å². The fourth-order valence-electron chi connectivity index (χ4n) is 2.41. The van der Waals surface area contributed by atoms with Gasteiger partial charge >= 0.3 is 0 Å². The number of ether oxygens (including phenoxy) is 2. The summed E-state index contributed by atoms with van der Waals surface area (Å²) in [5, 5.41) is 0. The summed E-state index contributed by atoms with van der Waals surface area (Å²) in [6.07, 6.45) is 5.04. The van der Waals surface area contributed by atoms with Gasteiger partial charge < -0.3 is 15.2 Å². The Balaban J connectivity index is 2.02. The first kappa shape index (κ1) is 13.0. The van der Waals surface area contributed by atoms with E-state index < -0.39 is 0 Å². The highest BCUT2D eigenvalue weighted by Gasteiger charge is 2.20. The number of nitrogens with zero attached hydrogens (tertiary/aromatic N) is 1. The van der Waals surface area contributed by atoms with Crippen LogP contribution in [0.2, 0.25) is 0 Å². The van der Waals surface area contributed by atoms with Crippen LogP contribution in [0.3, 0.4) is 0 Å². The van der Waals surface area contributed by atoms with E-state index >= 15 is 0 Å². The lowest BCUT2D eigenvalue weighted by atomic mass is 9.89. The number of hydrogen-bond acceptors (Lipinski definition) is 4. The van der Waals surface area contributed by atoms with E-state index in [1.807, 2.05) is 13.0 Å². The van der Waals surface area contributed by atoms with Crippen LogP contribution in [0, 0.1) is 5.92 Å². The summed E-state index contributed by atoms with van der Waals surface area (Å²) in [5.41, 5.74) is 6.34. The maximum Gasteiger partial charge on any atom is 0.240 e. The molecule has 1 saturated carbocycles. The molecule has 1 aromatic heterocycles. The summed E-state index contributed by atoms with van der Waals surface area (Å²) in [4.78, 5) is 4.31. The molecule has 0 amide bonds. The Morgan fingerprint density at radius 2 is 2.22 bits per heavy atom. The Kier molecular flexibility index (Phi) is 4.28. The smallest absolute Gasteiger partial charge is 0.240 e. The Bertz CT molecular complexity index is 395. The molecular weight excluding hydrogens is 228 g/mol. The van der Waals surface area contributed by atoms with Crippen molar-refractivity contribution in [2.75, 3.05) is 12.3 Å². The van der Waals surface area contributed by atoms with Crippen molar-refractivity contribution in [2.24, 2.45) is 5.92 Å². The molecule has 18 heavy (non-hydrogen) atoms. The van der Waals surface area contributed by atoms with E-state index in [2.05, 4.69) is 11.9 Å². The molecule has 1 aromatic rings. The van der Waals surface area contributed by atoms with E-state index in [4.69, 9.17) is 15.2 Å². The van der Waals surface area contributed by atoms with E-state index in [0.717, 1.165) is 18.8 Å². The van der Waals surface area contributed by atoms with Crippen LogP contribution >= 0.6 is 0 Å². The lowest BCUT2D eigenvalue weighted by Crippen LogP contribution is -2.24. The summed E-state index contributed by atoms with van der Waals surface area (Å²) in [7, 11) is 0. The van der Waals surface area contributed by atoms with Gasteiger partial charge in [0.25, 0.3) is 0 Å². The minimum absolute atomic E-state index is 0.277. The third-order valence-corrected chi connectivity index (χ3v) is 3.32. The summed E-state index contributed by atoms with van der Waals surface area (Å²) in [6, 6.07) is 3.61. The van der Waals surface area contributed by atoms with Crippen LogP contribution < -0.4 is 15.2 Å². The maximum absolute atomic E-state index is 5.92. The molecule has 2 atom stereocenters. The van der Waals surface area contributed by atoms with Crippen molar-refractivity contribution in [3.8, 4) is 11.8 Å². The Morgan fingerprint density at radius 1 is 1.39 bits per heavy atom. The van der Waals surface area contributed by atoms with Gasteiger partial charge in [-0.05, 0) is 38.2 Å². The fourth-order valence-corrected chi connectivity index (χ4v) is 2.41. The molecule has 0 bridgehead atoms. The van der Waals surface area contributed by atoms with Gasteiger partial charge in [0, 0.05) is 6.07 Å². The van der Waals surface area contributed by atoms with E-state index in [0.29, 0.717) is 24.1 Å². The Morgan fingerprint density at radius 3 is 2.94 bits per heavy atom. The van der Waals surface area contributed by atoms with Crippen LogP contribution in [0.5, 0.6) is 11.8 Å². The van der Waals surface area contributed by atoms with Crippen molar-refractivity contribution in [1.29, 1.82) is 0 Å². The van der Waals surface area contributed by atoms with E-state index in [-0.39, 0.29) is 6.10 Å². The van der Waals surface area contributed by atoms with Crippen molar-refractivity contribution in [3.63, 3.8) is 0 Å². The number of rotatable bonds is 4. The second kappa shape index (κ2) is 5.94. The van der Waals surface area contributed by atoms with Crippen LogP contribution in [0.25, 0.3) is 0 Å². The molecule has 100 valence electrons. The largest absolute Gasteiger partial charge is 0.476 e. The van der Waals surface area contributed by atoms with Gasteiger partial charge in [-0.2, -0.15) is 4.98 Å². The second-order valence-corrected chi connectivity index (χ2v) is 4.99. The van der Waals surface area contributed by atoms with Crippen LogP contribution in [-0.2, 0) is 0 Å². The normalized spacial score (nSPS) is 23.7. The van der Waals surface area contributed by atoms with Crippen molar-refractivity contribution in [3.05, 3.63) is 12.1 Å². The highest BCUT2D eigenvalue weighted by molar-refractivity contribution is 5.49. The van der Waals surface area contributed by atoms with E-state index in [9.17, 15) is 0 Å². The van der Waals surface area contributed by atoms with Crippen LogP contribution in [0.15, 0.2) is 12.1 Å². The molecule has 0 saturated heterocycles. The SMILES string of the molecule is CCOc1nc(OC2CCCC(C)C2)ccc1N. The summed E-state index contributed by atoms with van der Waals surface area (Å²) in [6.45, 7) is 4.75. The second-order valence-electron chi connectivity index (χ2n) is 4.99. The molecule has 0 aliphatic heterocycles. The molecule has 1 fully saturated rings. The summed E-state index contributed by atoms with van der Waals surface area (Å²) in [5.74, 6) is 1.83. The van der Waals surface area contributed by atoms with Gasteiger partial charge in [0.15, 0.2) is 0 Å². The molecule has 2 unspecified atom stereocenters. The quantitative estimate of drug-likeness (QED) is 0.892. The van der Waals surface area contributed by atoms with Gasteiger partial charge in [-0.1, -0.05) is 13.3 Å². The van der Waals surface area contributed by atoms with E-state index in [1.54, 1.807) is 6.07 Å². The third-order valence-electron chi connectivity index (χ3n) is 3.32. The maximum atomic E-state index is 5.92. The highest BCUT2D eigenvalue weighted by Crippen LogP contribution is 2.28. The van der Waals surface area contributed by atoms with Gasteiger partial charge in [-0.15, -0.1) is 0 Å². The van der Waals surface area contributed by atoms with Gasteiger partial charge in [0.05, 0.1) is 12.3 Å². The first-order chi connectivity index (χ1) is 8.69. The molecule has 0 aromatic carbocycles. The zero-order chi connectivity index (χ0) is 13.0. The molecule has 4 nitrogen and oxygen atoms in total. The van der Waals surface area contributed by atoms with Crippen molar-refractivity contribution in [2.45, 2.75) is 45.6 Å². The average molecular weight is 250 g/mol. The molecule has 1 heterocycles. The monoisotopic (exact) mass is 250 g/mol. The predicted octanol–water partition coefficient (Wildman–Crippen LogP) is 3.02. The fraction of sp³-hybridized carbons (Fsp3) is 0.643. The number of nitrogens with two attached hydrogens (primary N) is 1. The number of pyridine rings is 1. The Hall–Kier alpha value is -1.45. The lowest BCUT2D eigenvalue weighted by Gasteiger charge is -2.27. The van der Waals surface area contributed by atoms with Crippen LogP contribution in [0.1, 0.15) is 39.5 Å². The minimum Gasteiger partial charge on any atom is -0.476 e. The van der Waals surface area contributed by atoms with Crippen molar-refractivity contribution in [1.82, 2.24) is 4.98 Å². The number of nitrogen functional groups attached to an aromatic ring is 1. The summed E-state index contributed by atoms with van der Waals surface area (Å²) >= 11 is 0. The van der Waals surface area contributed by atoms with Gasteiger partial charge in [-0.3, -0.25) is 0 Å². The number of aromatic nitrogens is 1. The molecule has 0 radical (unpaired) electrons. The average Bonchev–Trinajstić information content (AvgIpc) is 2.34. The lowest BCUT2D eigenvalue weighted by molar-refractivity contribution is 0.123. The zero-order valence-corrected chi connectivity index (χ0v) is 11.2. The number of anilines is 1. The Labute approximate surface area is 108 Å². The van der Waals surface area contributed by atoms with Gasteiger partial charge in [0.2, 0.25) is 11.8 Å². The predicted molar refractivity (Wildman–Crippen MR) is 71.9 cm³/mol. The molecule has 2 rings (SSSR count). The standard InChI is InChI=1S/C14H22N2O2/c1-3-17-14-12(15)7-8-13(16-14)18-11-6-4-5-10(2)9-11/h7-8,10-11H,3-6,9,15H2,1-2H3. The first-order valence-electron chi connectivity index (χ1n) is 6.75. The third kappa shape index (κ3) is 3.28. The zero-order valence-electron chi connectivity index (χ0n) is 11.2.